The van der Waals surface area contributed by atoms with Gasteiger partial charge in [0.1, 0.15) is 5.82 Å². The number of nitrogens with zero attached hydrogens (tertiary/aromatic N) is 2. The molecule has 1 N–H and O–H groups in total. The van der Waals surface area contributed by atoms with Crippen molar-refractivity contribution >= 4 is 17.4 Å². The van der Waals surface area contributed by atoms with Crippen molar-refractivity contribution in [2.75, 3.05) is 18.0 Å². The summed E-state index contributed by atoms with van der Waals surface area (Å²) in [6.45, 7) is 5.05. The molecule has 1 aromatic rings. The summed E-state index contributed by atoms with van der Waals surface area (Å²) in [5.41, 5.74) is 1.16. The molecule has 3 nitrogen and oxygen atoms in total. The van der Waals surface area contributed by atoms with Gasteiger partial charge in [0, 0.05) is 25.3 Å². The maximum atomic E-state index is 6.39. The zero-order valence-electron chi connectivity index (χ0n) is 10.8. The van der Waals surface area contributed by atoms with Gasteiger partial charge >= 0.3 is 0 Å². The van der Waals surface area contributed by atoms with Crippen LogP contribution in [0.4, 0.5) is 5.82 Å². The van der Waals surface area contributed by atoms with Gasteiger partial charge in [0.25, 0.3) is 0 Å². The molecule has 1 aliphatic carbocycles. The van der Waals surface area contributed by atoms with Gasteiger partial charge in [-0.25, -0.2) is 4.98 Å². The van der Waals surface area contributed by atoms with Crippen LogP contribution in [0.5, 0.6) is 0 Å². The molecule has 0 amide bonds. The van der Waals surface area contributed by atoms with Crippen LogP contribution < -0.4 is 10.2 Å². The van der Waals surface area contributed by atoms with E-state index in [0.717, 1.165) is 42.0 Å². The smallest absolute Gasteiger partial charge is 0.147 e. The molecular formula is C14H20ClN3. The van der Waals surface area contributed by atoms with Crippen LogP contribution in [0.25, 0.3) is 0 Å². The fourth-order valence-corrected chi connectivity index (χ4v) is 3.53. The number of hydrogen-bond acceptors (Lipinski definition) is 3. The Balaban J connectivity index is 1.77. The van der Waals surface area contributed by atoms with Crippen LogP contribution in [-0.4, -0.2) is 24.1 Å². The molecule has 2 bridgehead atoms. The molecule has 2 heterocycles. The van der Waals surface area contributed by atoms with Crippen molar-refractivity contribution in [3.63, 3.8) is 0 Å². The van der Waals surface area contributed by atoms with Crippen LogP contribution >= 0.6 is 11.6 Å². The van der Waals surface area contributed by atoms with Crippen LogP contribution in [0.15, 0.2) is 12.3 Å². The van der Waals surface area contributed by atoms with Gasteiger partial charge < -0.3 is 10.2 Å². The van der Waals surface area contributed by atoms with Crippen LogP contribution in [0.3, 0.4) is 0 Å². The first-order valence-corrected chi connectivity index (χ1v) is 7.27. The lowest BCUT2D eigenvalue weighted by Gasteiger charge is -2.28. The Morgan fingerprint density at radius 2 is 2.39 bits per heavy atom. The number of rotatable bonds is 4. The van der Waals surface area contributed by atoms with E-state index in [1.165, 1.54) is 19.3 Å². The summed E-state index contributed by atoms with van der Waals surface area (Å²) in [4.78, 5) is 7.00. The van der Waals surface area contributed by atoms with Crippen LogP contribution in [0.1, 0.15) is 31.7 Å². The molecule has 2 atom stereocenters. The van der Waals surface area contributed by atoms with E-state index in [1.807, 2.05) is 6.20 Å². The normalized spacial score (nSPS) is 26.0. The third-order valence-electron chi connectivity index (χ3n) is 4.14. The van der Waals surface area contributed by atoms with Gasteiger partial charge in [-0.2, -0.15) is 0 Å². The highest BCUT2D eigenvalue weighted by atomic mass is 35.5. The zero-order valence-corrected chi connectivity index (χ0v) is 11.6. The van der Waals surface area contributed by atoms with Crippen molar-refractivity contribution in [2.24, 2.45) is 5.92 Å². The average molecular weight is 266 g/mol. The lowest BCUT2D eigenvalue weighted by molar-refractivity contribution is 0.550. The van der Waals surface area contributed by atoms with Crippen molar-refractivity contribution in [1.82, 2.24) is 10.3 Å². The van der Waals surface area contributed by atoms with Gasteiger partial charge in [-0.05, 0) is 43.4 Å². The highest BCUT2D eigenvalue weighted by Crippen LogP contribution is 2.41. The van der Waals surface area contributed by atoms with Crippen molar-refractivity contribution < 1.29 is 0 Å². The number of anilines is 1. The predicted molar refractivity (Wildman–Crippen MR) is 75.1 cm³/mol. The van der Waals surface area contributed by atoms with Gasteiger partial charge in [0.05, 0.1) is 5.02 Å². The van der Waals surface area contributed by atoms with Gasteiger partial charge in [-0.15, -0.1) is 0 Å². The summed E-state index contributed by atoms with van der Waals surface area (Å²) in [6.07, 6.45) is 5.98. The fraction of sp³-hybridized carbons (Fsp3) is 0.643. The average Bonchev–Trinajstić information content (AvgIpc) is 2.98. The minimum Gasteiger partial charge on any atom is -0.352 e. The zero-order chi connectivity index (χ0) is 12.5. The lowest BCUT2D eigenvalue weighted by atomic mass is 10.1. The molecule has 0 aromatic carbocycles. The Bertz CT molecular complexity index is 435. The monoisotopic (exact) mass is 265 g/mol. The molecule has 1 saturated carbocycles. The van der Waals surface area contributed by atoms with E-state index in [2.05, 4.69) is 28.2 Å². The largest absolute Gasteiger partial charge is 0.352 e. The summed E-state index contributed by atoms with van der Waals surface area (Å²) in [5, 5.41) is 4.10. The predicted octanol–water partition coefficient (Wildman–Crippen LogP) is 2.83. The summed E-state index contributed by atoms with van der Waals surface area (Å²) < 4.78 is 0. The van der Waals surface area contributed by atoms with Gasteiger partial charge in [-0.1, -0.05) is 18.5 Å². The number of pyridine rings is 1. The Kier molecular flexibility index (Phi) is 3.44. The van der Waals surface area contributed by atoms with Crippen molar-refractivity contribution in [3.05, 3.63) is 22.8 Å². The second-order valence-corrected chi connectivity index (χ2v) is 5.82. The maximum Gasteiger partial charge on any atom is 0.147 e. The first-order chi connectivity index (χ1) is 8.78. The number of aromatic nitrogens is 1. The van der Waals surface area contributed by atoms with Gasteiger partial charge in [0.15, 0.2) is 0 Å². The third kappa shape index (κ3) is 2.21. The summed E-state index contributed by atoms with van der Waals surface area (Å²) in [5.74, 6) is 1.86. The van der Waals surface area contributed by atoms with E-state index >= 15 is 0 Å². The van der Waals surface area contributed by atoms with E-state index < -0.39 is 0 Å². The minimum absolute atomic E-state index is 0.680. The molecule has 2 fully saturated rings. The van der Waals surface area contributed by atoms with E-state index in [-0.39, 0.29) is 0 Å². The standard InChI is InChI=1S/C14H20ClN3/c1-2-16-7-11-6-13(15)14(17-8-11)18-9-10-3-4-12(18)5-10/h6,8,10,12,16H,2-5,7,9H2,1H3. The maximum absolute atomic E-state index is 6.39. The summed E-state index contributed by atoms with van der Waals surface area (Å²) in [7, 11) is 0. The quantitative estimate of drug-likeness (QED) is 0.907. The first-order valence-electron chi connectivity index (χ1n) is 6.89. The molecule has 1 aliphatic heterocycles. The topological polar surface area (TPSA) is 28.2 Å². The number of fused-ring (bicyclic) bond motifs is 2. The van der Waals surface area contributed by atoms with Gasteiger partial charge in [-0.3, -0.25) is 0 Å². The fourth-order valence-electron chi connectivity index (χ4n) is 3.23. The molecule has 18 heavy (non-hydrogen) atoms. The second kappa shape index (κ2) is 5.06. The minimum atomic E-state index is 0.680. The highest BCUT2D eigenvalue weighted by Gasteiger charge is 2.39. The Morgan fingerprint density at radius 1 is 1.50 bits per heavy atom. The Hall–Kier alpha value is -0.800. The Labute approximate surface area is 114 Å². The Morgan fingerprint density at radius 3 is 3.00 bits per heavy atom. The van der Waals surface area contributed by atoms with Crippen molar-refractivity contribution in [2.45, 2.75) is 38.8 Å². The number of piperidine rings is 1. The van der Waals surface area contributed by atoms with E-state index in [9.17, 15) is 0 Å². The van der Waals surface area contributed by atoms with E-state index in [4.69, 9.17) is 11.6 Å². The number of nitrogens with one attached hydrogen (secondary N) is 1. The van der Waals surface area contributed by atoms with Crippen LogP contribution in [0, 0.1) is 5.92 Å². The van der Waals surface area contributed by atoms with E-state index in [0.29, 0.717) is 6.04 Å². The number of hydrogen-bond donors (Lipinski definition) is 1. The molecule has 98 valence electrons. The highest BCUT2D eigenvalue weighted by molar-refractivity contribution is 6.33. The summed E-state index contributed by atoms with van der Waals surface area (Å²) in [6, 6.07) is 2.73. The SMILES string of the molecule is CCNCc1cnc(N2CC3CCC2C3)c(Cl)c1. The van der Waals surface area contributed by atoms with Gasteiger partial charge in [0.2, 0.25) is 0 Å². The summed E-state index contributed by atoms with van der Waals surface area (Å²) >= 11 is 6.39. The number of halogens is 1. The lowest BCUT2D eigenvalue weighted by Crippen LogP contribution is -2.32. The molecule has 1 saturated heterocycles. The van der Waals surface area contributed by atoms with Crippen molar-refractivity contribution in [3.8, 4) is 0 Å². The first kappa shape index (κ1) is 12.2. The molecule has 0 radical (unpaired) electrons. The molecule has 2 aliphatic rings. The molecule has 0 spiro atoms. The van der Waals surface area contributed by atoms with Crippen molar-refractivity contribution in [1.29, 1.82) is 0 Å². The third-order valence-corrected chi connectivity index (χ3v) is 4.42. The van der Waals surface area contributed by atoms with Crippen LogP contribution in [-0.2, 0) is 6.54 Å². The van der Waals surface area contributed by atoms with E-state index in [1.54, 1.807) is 0 Å². The molecular weight excluding hydrogens is 246 g/mol. The molecule has 1 aromatic heterocycles. The second-order valence-electron chi connectivity index (χ2n) is 5.41. The molecule has 4 heteroatoms. The molecule has 2 unspecified atom stereocenters. The molecule has 3 rings (SSSR count). The van der Waals surface area contributed by atoms with Crippen LogP contribution in [0.2, 0.25) is 5.02 Å².